The zero-order valence-electron chi connectivity index (χ0n) is 14.4. The molecule has 1 aliphatic heterocycles. The second-order valence-electron chi connectivity index (χ2n) is 7.09. The number of nitrogens with zero attached hydrogens (tertiary/aromatic N) is 1. The number of likely N-dealkylation sites (tertiary alicyclic amines) is 1. The standard InChI is InChI=1S/C18H23NO5/c1-17(2,3)24-16(22)19-14(11-20)10-18(19,4)15(21)23-12-13-8-6-5-7-9-13/h5-9,11,14H,10,12H2,1-4H3/t14-,18+/m0/s1. The van der Waals surface area contributed by atoms with Crippen LogP contribution in [-0.2, 0) is 25.7 Å². The van der Waals surface area contributed by atoms with Crippen molar-refractivity contribution in [1.29, 1.82) is 0 Å². The average molecular weight is 333 g/mol. The van der Waals surface area contributed by atoms with Crippen molar-refractivity contribution in [3.8, 4) is 0 Å². The molecule has 1 aromatic rings. The molecule has 1 amide bonds. The number of esters is 1. The first kappa shape index (κ1) is 18.0. The van der Waals surface area contributed by atoms with E-state index >= 15 is 0 Å². The molecule has 2 rings (SSSR count). The Morgan fingerprint density at radius 1 is 1.29 bits per heavy atom. The van der Waals surface area contributed by atoms with Crippen molar-refractivity contribution in [2.45, 2.75) is 57.9 Å². The van der Waals surface area contributed by atoms with Crippen LogP contribution in [0.25, 0.3) is 0 Å². The van der Waals surface area contributed by atoms with Gasteiger partial charge in [-0.3, -0.25) is 4.90 Å². The lowest BCUT2D eigenvalue weighted by Gasteiger charge is -2.51. The quantitative estimate of drug-likeness (QED) is 0.626. The largest absolute Gasteiger partial charge is 0.459 e. The molecule has 6 heteroatoms. The average Bonchev–Trinajstić information content (AvgIpc) is 2.48. The van der Waals surface area contributed by atoms with Crippen LogP contribution in [-0.4, -0.2) is 40.4 Å². The molecule has 0 aromatic heterocycles. The molecule has 0 spiro atoms. The zero-order chi connectivity index (χ0) is 18.0. The fourth-order valence-electron chi connectivity index (χ4n) is 2.67. The monoisotopic (exact) mass is 333 g/mol. The van der Waals surface area contributed by atoms with Crippen molar-refractivity contribution < 1.29 is 23.9 Å². The summed E-state index contributed by atoms with van der Waals surface area (Å²) in [4.78, 5) is 37.1. The molecule has 6 nitrogen and oxygen atoms in total. The van der Waals surface area contributed by atoms with Crippen molar-refractivity contribution in [2.24, 2.45) is 0 Å². The Kier molecular flexibility index (Phi) is 4.96. The van der Waals surface area contributed by atoms with Crippen molar-refractivity contribution in [1.82, 2.24) is 4.90 Å². The van der Waals surface area contributed by atoms with Crippen molar-refractivity contribution in [2.75, 3.05) is 0 Å². The predicted molar refractivity (Wildman–Crippen MR) is 87.2 cm³/mol. The Bertz CT molecular complexity index is 622. The SMILES string of the molecule is CC(C)(C)OC(=O)N1[C@H](C=O)C[C@]1(C)C(=O)OCc1ccccc1. The Morgan fingerprint density at radius 3 is 2.46 bits per heavy atom. The summed E-state index contributed by atoms with van der Waals surface area (Å²) < 4.78 is 10.6. The third kappa shape index (κ3) is 3.75. The fraction of sp³-hybridized carbons (Fsp3) is 0.500. The van der Waals surface area contributed by atoms with Crippen LogP contribution in [0, 0.1) is 0 Å². The highest BCUT2D eigenvalue weighted by molar-refractivity contribution is 5.91. The second kappa shape index (κ2) is 6.63. The minimum absolute atomic E-state index is 0.114. The van der Waals surface area contributed by atoms with E-state index in [0.29, 0.717) is 6.29 Å². The van der Waals surface area contributed by atoms with Gasteiger partial charge in [0.25, 0.3) is 0 Å². The molecule has 130 valence electrons. The van der Waals surface area contributed by atoms with Crippen LogP contribution in [0.2, 0.25) is 0 Å². The molecule has 0 saturated carbocycles. The lowest BCUT2D eigenvalue weighted by molar-refractivity contribution is -0.172. The van der Waals surface area contributed by atoms with Gasteiger partial charge in [-0.2, -0.15) is 0 Å². The zero-order valence-corrected chi connectivity index (χ0v) is 14.4. The van der Waals surface area contributed by atoms with Crippen LogP contribution < -0.4 is 0 Å². The van der Waals surface area contributed by atoms with Crippen LogP contribution in [0.15, 0.2) is 30.3 Å². The molecular weight excluding hydrogens is 310 g/mol. The van der Waals surface area contributed by atoms with E-state index < -0.39 is 29.2 Å². The highest BCUT2D eigenvalue weighted by Crippen LogP contribution is 2.38. The number of amides is 1. The Morgan fingerprint density at radius 2 is 1.92 bits per heavy atom. The van der Waals surface area contributed by atoms with Gasteiger partial charge in [-0.05, 0) is 33.3 Å². The predicted octanol–water partition coefficient (Wildman–Crippen LogP) is 2.70. The van der Waals surface area contributed by atoms with Gasteiger partial charge in [0, 0.05) is 6.42 Å². The molecule has 0 bridgehead atoms. The van der Waals surface area contributed by atoms with E-state index in [-0.39, 0.29) is 13.0 Å². The molecular formula is C18H23NO5. The first-order valence-corrected chi connectivity index (χ1v) is 7.86. The molecule has 0 radical (unpaired) electrons. The van der Waals surface area contributed by atoms with E-state index in [1.54, 1.807) is 27.7 Å². The molecule has 2 atom stereocenters. The van der Waals surface area contributed by atoms with E-state index in [1.165, 1.54) is 4.90 Å². The van der Waals surface area contributed by atoms with Crippen LogP contribution in [0.4, 0.5) is 4.79 Å². The van der Waals surface area contributed by atoms with Crippen molar-refractivity contribution >= 4 is 18.3 Å². The van der Waals surface area contributed by atoms with Gasteiger partial charge in [0.05, 0.1) is 6.04 Å². The molecule has 1 fully saturated rings. The Hall–Kier alpha value is -2.37. The van der Waals surface area contributed by atoms with Crippen LogP contribution >= 0.6 is 0 Å². The van der Waals surface area contributed by atoms with Gasteiger partial charge in [0.15, 0.2) is 0 Å². The number of ether oxygens (including phenoxy) is 2. The first-order chi connectivity index (χ1) is 11.2. The number of benzene rings is 1. The van der Waals surface area contributed by atoms with Gasteiger partial charge in [-0.1, -0.05) is 30.3 Å². The van der Waals surface area contributed by atoms with Crippen molar-refractivity contribution in [3.63, 3.8) is 0 Å². The topological polar surface area (TPSA) is 72.9 Å². The van der Waals surface area contributed by atoms with Gasteiger partial charge in [0.2, 0.25) is 0 Å². The van der Waals surface area contributed by atoms with Gasteiger partial charge < -0.3 is 14.3 Å². The lowest BCUT2D eigenvalue weighted by atomic mass is 9.80. The first-order valence-electron chi connectivity index (χ1n) is 7.86. The van der Waals surface area contributed by atoms with E-state index in [9.17, 15) is 14.4 Å². The molecule has 1 aromatic carbocycles. The number of carbonyl (C=O) groups is 3. The van der Waals surface area contributed by atoms with E-state index in [0.717, 1.165) is 5.56 Å². The number of carbonyl (C=O) groups excluding carboxylic acids is 3. The molecule has 1 saturated heterocycles. The number of rotatable bonds is 4. The van der Waals surface area contributed by atoms with Gasteiger partial charge in [0.1, 0.15) is 24.0 Å². The molecule has 0 N–H and O–H groups in total. The minimum Gasteiger partial charge on any atom is -0.459 e. The van der Waals surface area contributed by atoms with Crippen LogP contribution in [0.3, 0.4) is 0 Å². The second-order valence-corrected chi connectivity index (χ2v) is 7.09. The molecule has 0 aliphatic carbocycles. The summed E-state index contributed by atoms with van der Waals surface area (Å²) >= 11 is 0. The van der Waals surface area contributed by atoms with Gasteiger partial charge in [-0.25, -0.2) is 9.59 Å². The summed E-state index contributed by atoms with van der Waals surface area (Å²) in [5.74, 6) is -0.546. The number of hydrogen-bond donors (Lipinski definition) is 0. The Balaban J connectivity index is 2.07. The van der Waals surface area contributed by atoms with E-state index in [1.807, 2.05) is 30.3 Å². The summed E-state index contributed by atoms with van der Waals surface area (Å²) in [6.07, 6.45) is 0.185. The summed E-state index contributed by atoms with van der Waals surface area (Å²) in [7, 11) is 0. The minimum atomic E-state index is -1.19. The van der Waals surface area contributed by atoms with Crippen molar-refractivity contribution in [3.05, 3.63) is 35.9 Å². The molecule has 1 aliphatic rings. The highest BCUT2D eigenvalue weighted by atomic mass is 16.6. The molecule has 1 heterocycles. The summed E-state index contributed by atoms with van der Waals surface area (Å²) in [6.45, 7) is 6.89. The summed E-state index contributed by atoms with van der Waals surface area (Å²) in [5, 5.41) is 0. The smallest absolute Gasteiger partial charge is 0.411 e. The van der Waals surface area contributed by atoms with Crippen LogP contribution in [0.5, 0.6) is 0 Å². The van der Waals surface area contributed by atoms with Crippen LogP contribution in [0.1, 0.15) is 39.7 Å². The number of hydrogen-bond acceptors (Lipinski definition) is 5. The molecule has 0 unspecified atom stereocenters. The third-order valence-corrected chi connectivity index (χ3v) is 3.87. The maximum Gasteiger partial charge on any atom is 0.411 e. The summed E-state index contributed by atoms with van der Waals surface area (Å²) in [5.41, 5.74) is -1.05. The number of aldehydes is 1. The maximum atomic E-state index is 12.5. The van der Waals surface area contributed by atoms with E-state index in [2.05, 4.69) is 0 Å². The lowest BCUT2D eigenvalue weighted by Crippen LogP contribution is -2.71. The molecule has 24 heavy (non-hydrogen) atoms. The fourth-order valence-corrected chi connectivity index (χ4v) is 2.67. The maximum absolute atomic E-state index is 12.5. The Labute approximate surface area is 141 Å². The summed E-state index contributed by atoms with van der Waals surface area (Å²) in [6, 6.07) is 8.59. The third-order valence-electron chi connectivity index (χ3n) is 3.87. The highest BCUT2D eigenvalue weighted by Gasteiger charge is 2.58. The normalized spacial score (nSPS) is 23.2. The van der Waals surface area contributed by atoms with Gasteiger partial charge >= 0.3 is 12.1 Å². The van der Waals surface area contributed by atoms with Gasteiger partial charge in [-0.15, -0.1) is 0 Å². The van der Waals surface area contributed by atoms with E-state index in [4.69, 9.17) is 9.47 Å².